The van der Waals surface area contributed by atoms with Crippen molar-refractivity contribution in [2.24, 2.45) is 5.92 Å². The average molecular weight is 269 g/mol. The van der Waals surface area contributed by atoms with Crippen LogP contribution in [0.2, 0.25) is 0 Å². The van der Waals surface area contributed by atoms with E-state index in [-0.39, 0.29) is 0 Å². The highest BCUT2D eigenvalue weighted by Crippen LogP contribution is 2.29. The Hall–Kier alpha value is -1.08. The molecule has 0 bridgehead atoms. The van der Waals surface area contributed by atoms with E-state index >= 15 is 0 Å². The van der Waals surface area contributed by atoms with E-state index in [9.17, 15) is 0 Å². The highest BCUT2D eigenvalue weighted by molar-refractivity contribution is 5.16. The zero-order valence-electron chi connectivity index (χ0n) is 12.5. The van der Waals surface area contributed by atoms with Crippen molar-refractivity contribution in [3.8, 4) is 0 Å². The summed E-state index contributed by atoms with van der Waals surface area (Å²) in [7, 11) is 0. The molecule has 0 saturated carbocycles. The van der Waals surface area contributed by atoms with Gasteiger partial charge in [0.25, 0.3) is 0 Å². The Morgan fingerprint density at radius 1 is 1.00 bits per heavy atom. The Labute approximate surface area is 123 Å². The first-order valence-corrected chi connectivity index (χ1v) is 8.36. The van der Waals surface area contributed by atoms with Crippen LogP contribution in [-0.4, -0.2) is 24.0 Å². The Kier molecular flexibility index (Phi) is 4.91. The number of piperidine rings is 1. The van der Waals surface area contributed by atoms with Gasteiger partial charge in [0.2, 0.25) is 0 Å². The highest BCUT2D eigenvalue weighted by atomic mass is 15.2. The highest BCUT2D eigenvalue weighted by Gasteiger charge is 2.28. The van der Waals surface area contributed by atoms with Gasteiger partial charge in [0, 0.05) is 6.04 Å². The first-order valence-electron chi connectivity index (χ1n) is 8.36. The molecule has 0 N–H and O–H groups in total. The molecule has 1 saturated heterocycles. The molecule has 108 valence electrons. The normalized spacial score (nSPS) is 25.5. The van der Waals surface area contributed by atoms with Gasteiger partial charge in [-0.15, -0.1) is 0 Å². The summed E-state index contributed by atoms with van der Waals surface area (Å²) in [6.45, 7) is 2.63. The Morgan fingerprint density at radius 2 is 1.80 bits per heavy atom. The molecule has 1 aliphatic heterocycles. The Morgan fingerprint density at radius 3 is 2.50 bits per heavy atom. The molecule has 2 atom stereocenters. The molecular formula is C19H27N. The van der Waals surface area contributed by atoms with E-state index in [0.29, 0.717) is 0 Å². The van der Waals surface area contributed by atoms with Gasteiger partial charge in [-0.1, -0.05) is 48.9 Å². The fraction of sp³-hybridized carbons (Fsp3) is 0.579. The maximum atomic E-state index is 2.79. The lowest BCUT2D eigenvalue weighted by atomic mass is 9.83. The molecule has 1 aromatic carbocycles. The van der Waals surface area contributed by atoms with E-state index in [2.05, 4.69) is 47.4 Å². The van der Waals surface area contributed by atoms with Crippen LogP contribution in [-0.2, 0) is 6.42 Å². The third kappa shape index (κ3) is 3.52. The van der Waals surface area contributed by atoms with Crippen LogP contribution in [0.4, 0.5) is 0 Å². The van der Waals surface area contributed by atoms with Gasteiger partial charge in [0.15, 0.2) is 0 Å². The lowest BCUT2D eigenvalue weighted by molar-refractivity contribution is 0.110. The molecule has 0 aromatic heterocycles. The van der Waals surface area contributed by atoms with E-state index in [0.717, 1.165) is 12.0 Å². The summed E-state index contributed by atoms with van der Waals surface area (Å²) in [6.07, 6.45) is 14.2. The number of nitrogens with zero attached hydrogens (tertiary/aromatic N) is 1. The Bertz CT molecular complexity index is 417. The van der Waals surface area contributed by atoms with Crippen LogP contribution in [0.25, 0.3) is 0 Å². The number of hydrogen-bond donors (Lipinski definition) is 0. The van der Waals surface area contributed by atoms with Gasteiger partial charge >= 0.3 is 0 Å². The number of likely N-dealkylation sites (tertiary alicyclic amines) is 1. The van der Waals surface area contributed by atoms with Gasteiger partial charge in [-0.05, 0) is 63.1 Å². The van der Waals surface area contributed by atoms with E-state index in [4.69, 9.17) is 0 Å². The van der Waals surface area contributed by atoms with Crippen LogP contribution in [0.15, 0.2) is 42.5 Å². The summed E-state index contributed by atoms with van der Waals surface area (Å²) in [5.41, 5.74) is 1.51. The molecule has 1 aromatic rings. The minimum atomic E-state index is 0.752. The molecule has 1 heteroatoms. The average Bonchev–Trinajstić information content (AvgIpc) is 2.55. The standard InChI is InChI=1S/C19H27N/c1-4-10-17(11-5-1)16-19(18-12-6-2-7-13-18)20-14-8-3-9-15-20/h1-2,4-6,10-11,18-19H,3,7-9,12-16H2/t18-,19+/m1/s1. The molecule has 3 rings (SSSR count). The third-order valence-electron chi connectivity index (χ3n) is 5.00. The van der Waals surface area contributed by atoms with Crippen molar-refractivity contribution >= 4 is 0 Å². The van der Waals surface area contributed by atoms with Crippen molar-refractivity contribution in [2.75, 3.05) is 13.1 Å². The summed E-state index contributed by atoms with van der Waals surface area (Å²) >= 11 is 0. The predicted molar refractivity (Wildman–Crippen MR) is 85.8 cm³/mol. The van der Waals surface area contributed by atoms with Gasteiger partial charge in [-0.25, -0.2) is 0 Å². The zero-order valence-corrected chi connectivity index (χ0v) is 12.5. The predicted octanol–water partition coefficient (Wildman–Crippen LogP) is 4.44. The fourth-order valence-corrected chi connectivity index (χ4v) is 3.87. The van der Waals surface area contributed by atoms with Crippen LogP contribution >= 0.6 is 0 Å². The van der Waals surface area contributed by atoms with Gasteiger partial charge in [0.05, 0.1) is 0 Å². The fourth-order valence-electron chi connectivity index (χ4n) is 3.87. The SMILES string of the molecule is C1=CC[C@@H]([C@H](Cc2ccccc2)N2CCCCC2)CC1. The Balaban J connectivity index is 1.73. The van der Waals surface area contributed by atoms with Crippen molar-refractivity contribution in [3.05, 3.63) is 48.0 Å². The molecular weight excluding hydrogens is 242 g/mol. The second kappa shape index (κ2) is 7.08. The minimum Gasteiger partial charge on any atom is -0.300 e. The van der Waals surface area contributed by atoms with E-state index in [1.165, 1.54) is 63.6 Å². The first kappa shape index (κ1) is 13.9. The number of allylic oxidation sites excluding steroid dienone is 2. The summed E-state index contributed by atoms with van der Waals surface area (Å²) < 4.78 is 0. The summed E-state index contributed by atoms with van der Waals surface area (Å²) in [5.74, 6) is 0.860. The second-order valence-corrected chi connectivity index (χ2v) is 6.40. The lowest BCUT2D eigenvalue weighted by Gasteiger charge is -2.40. The van der Waals surface area contributed by atoms with Gasteiger partial charge < -0.3 is 0 Å². The summed E-state index contributed by atoms with van der Waals surface area (Å²) in [6, 6.07) is 11.9. The van der Waals surface area contributed by atoms with Crippen molar-refractivity contribution < 1.29 is 0 Å². The molecule has 1 fully saturated rings. The molecule has 20 heavy (non-hydrogen) atoms. The van der Waals surface area contributed by atoms with Crippen molar-refractivity contribution in [1.82, 2.24) is 4.90 Å². The van der Waals surface area contributed by atoms with Crippen LogP contribution in [0.3, 0.4) is 0 Å². The third-order valence-corrected chi connectivity index (χ3v) is 5.00. The maximum absolute atomic E-state index is 2.79. The molecule has 1 nitrogen and oxygen atoms in total. The summed E-state index contributed by atoms with van der Waals surface area (Å²) in [4.78, 5) is 2.79. The van der Waals surface area contributed by atoms with Crippen LogP contribution in [0.5, 0.6) is 0 Å². The van der Waals surface area contributed by atoms with Crippen LogP contribution in [0, 0.1) is 5.92 Å². The van der Waals surface area contributed by atoms with Crippen molar-refractivity contribution in [3.63, 3.8) is 0 Å². The molecule has 0 unspecified atom stereocenters. The van der Waals surface area contributed by atoms with Crippen LogP contribution < -0.4 is 0 Å². The van der Waals surface area contributed by atoms with E-state index < -0.39 is 0 Å². The van der Waals surface area contributed by atoms with Crippen molar-refractivity contribution in [1.29, 1.82) is 0 Å². The molecule has 0 amide bonds. The second-order valence-electron chi connectivity index (χ2n) is 6.40. The topological polar surface area (TPSA) is 3.24 Å². The summed E-state index contributed by atoms with van der Waals surface area (Å²) in [5, 5.41) is 0. The number of hydrogen-bond acceptors (Lipinski definition) is 1. The molecule has 1 aliphatic carbocycles. The zero-order chi connectivity index (χ0) is 13.6. The van der Waals surface area contributed by atoms with Gasteiger partial charge in [-0.3, -0.25) is 4.90 Å². The van der Waals surface area contributed by atoms with Crippen LogP contribution in [0.1, 0.15) is 44.1 Å². The maximum Gasteiger partial charge on any atom is 0.0167 e. The molecule has 0 radical (unpaired) electrons. The van der Waals surface area contributed by atoms with E-state index in [1.807, 2.05) is 0 Å². The molecule has 1 heterocycles. The number of benzene rings is 1. The quantitative estimate of drug-likeness (QED) is 0.730. The first-order chi connectivity index (χ1) is 9.93. The molecule has 2 aliphatic rings. The largest absolute Gasteiger partial charge is 0.300 e. The minimum absolute atomic E-state index is 0.752. The van der Waals surface area contributed by atoms with E-state index in [1.54, 1.807) is 0 Å². The number of rotatable bonds is 4. The van der Waals surface area contributed by atoms with Gasteiger partial charge in [0.1, 0.15) is 0 Å². The lowest BCUT2D eigenvalue weighted by Crippen LogP contribution is -2.45. The smallest absolute Gasteiger partial charge is 0.0167 e. The van der Waals surface area contributed by atoms with Crippen molar-refractivity contribution in [2.45, 2.75) is 51.0 Å². The van der Waals surface area contributed by atoms with Gasteiger partial charge in [-0.2, -0.15) is 0 Å². The monoisotopic (exact) mass is 269 g/mol. The molecule has 0 spiro atoms.